The maximum atomic E-state index is 13.4. The largest absolute Gasteiger partial charge is 0.496 e. The molecule has 1 N–H and O–H groups in total. The van der Waals surface area contributed by atoms with E-state index in [0.717, 1.165) is 97.5 Å². The van der Waals surface area contributed by atoms with Crippen LogP contribution in [-0.2, 0) is 28.0 Å². The van der Waals surface area contributed by atoms with Crippen LogP contribution in [0.15, 0.2) is 59.8 Å². The van der Waals surface area contributed by atoms with Crippen molar-refractivity contribution in [2.75, 3.05) is 58.9 Å². The minimum atomic E-state index is -0.980. The Kier molecular flexibility index (Phi) is 11.2. The number of carbonyl (C=O) groups is 5. The van der Waals surface area contributed by atoms with Gasteiger partial charge in [0.1, 0.15) is 17.5 Å². The number of hydrogen-bond acceptors (Lipinski definition) is 11. The molecule has 1 spiro atoms. The van der Waals surface area contributed by atoms with E-state index in [-0.39, 0.29) is 29.7 Å². The number of methoxy groups -OCH3 is 2. The van der Waals surface area contributed by atoms with E-state index in [4.69, 9.17) is 9.47 Å². The van der Waals surface area contributed by atoms with Crippen LogP contribution >= 0.6 is 0 Å². The van der Waals surface area contributed by atoms with E-state index >= 15 is 0 Å². The summed E-state index contributed by atoms with van der Waals surface area (Å²) in [4.78, 5) is 88.5. The maximum absolute atomic E-state index is 13.4. The summed E-state index contributed by atoms with van der Waals surface area (Å²) in [6.07, 6.45) is 10.6. The SMILES string of the molecule is COc1cc(-c2cn(C)c(=O)c3cnccc23)cc(OC)c1CN(C)C(=O)CCCCN1CCC2(CC1)CCN(c1ccc3c(c1)C(=O)N(C1CCC(=O)NC1=O)C3=O)C2. The summed E-state index contributed by atoms with van der Waals surface area (Å²) in [5.74, 6) is -0.761. The minimum Gasteiger partial charge on any atom is -0.496 e. The molecule has 6 heterocycles. The number of amides is 5. The first-order valence-electron chi connectivity index (χ1n) is 20.7. The molecule has 0 bridgehead atoms. The quantitative estimate of drug-likeness (QED) is 0.162. The zero-order valence-corrected chi connectivity index (χ0v) is 34.6. The van der Waals surface area contributed by atoms with Crippen LogP contribution < -0.4 is 25.2 Å². The van der Waals surface area contributed by atoms with Crippen molar-refractivity contribution in [1.29, 1.82) is 0 Å². The molecule has 1 atom stereocenters. The highest BCUT2D eigenvalue weighted by Crippen LogP contribution is 2.43. The average Bonchev–Trinajstić information content (AvgIpc) is 3.78. The Morgan fingerprint density at radius 2 is 1.62 bits per heavy atom. The molecule has 4 aliphatic rings. The highest BCUT2D eigenvalue weighted by molar-refractivity contribution is 6.23. The summed E-state index contributed by atoms with van der Waals surface area (Å²) in [6.45, 7) is 4.96. The Morgan fingerprint density at radius 1 is 0.900 bits per heavy atom. The van der Waals surface area contributed by atoms with Crippen molar-refractivity contribution in [2.24, 2.45) is 12.5 Å². The number of carbonyl (C=O) groups excluding carboxylic acids is 5. The molecule has 2 aromatic heterocycles. The summed E-state index contributed by atoms with van der Waals surface area (Å²) in [7, 11) is 6.71. The molecule has 15 heteroatoms. The number of aryl methyl sites for hydroxylation is 1. The number of pyridine rings is 2. The van der Waals surface area contributed by atoms with Crippen molar-refractivity contribution < 1.29 is 33.4 Å². The fraction of sp³-hybridized carbons (Fsp3) is 0.444. The van der Waals surface area contributed by atoms with Gasteiger partial charge in [-0.15, -0.1) is 0 Å². The summed E-state index contributed by atoms with van der Waals surface area (Å²) >= 11 is 0. The molecule has 0 saturated carbocycles. The van der Waals surface area contributed by atoms with Gasteiger partial charge in [0.25, 0.3) is 17.4 Å². The smallest absolute Gasteiger partial charge is 0.262 e. The maximum Gasteiger partial charge on any atom is 0.262 e. The second kappa shape index (κ2) is 16.5. The lowest BCUT2D eigenvalue weighted by Gasteiger charge is -2.39. The number of rotatable bonds is 12. The van der Waals surface area contributed by atoms with E-state index < -0.39 is 29.7 Å². The van der Waals surface area contributed by atoms with Crippen LogP contribution in [0, 0.1) is 5.41 Å². The summed E-state index contributed by atoms with van der Waals surface area (Å²) in [5, 5.41) is 3.55. The van der Waals surface area contributed by atoms with Crippen molar-refractivity contribution >= 4 is 46.0 Å². The van der Waals surface area contributed by atoms with Gasteiger partial charge in [0.05, 0.1) is 42.8 Å². The topological polar surface area (TPSA) is 164 Å². The Morgan fingerprint density at radius 3 is 2.33 bits per heavy atom. The van der Waals surface area contributed by atoms with Gasteiger partial charge in [-0.2, -0.15) is 0 Å². The first-order chi connectivity index (χ1) is 28.9. The van der Waals surface area contributed by atoms with Gasteiger partial charge in [0.2, 0.25) is 17.7 Å². The van der Waals surface area contributed by atoms with Gasteiger partial charge in [0.15, 0.2) is 0 Å². The molecule has 0 radical (unpaired) electrons. The van der Waals surface area contributed by atoms with E-state index in [9.17, 15) is 28.8 Å². The summed E-state index contributed by atoms with van der Waals surface area (Å²) in [6, 6.07) is 10.1. The lowest BCUT2D eigenvalue weighted by Crippen LogP contribution is -2.54. The van der Waals surface area contributed by atoms with Gasteiger partial charge >= 0.3 is 0 Å². The molecule has 3 fully saturated rings. The highest BCUT2D eigenvalue weighted by atomic mass is 16.5. The predicted octanol–water partition coefficient (Wildman–Crippen LogP) is 4.14. The summed E-state index contributed by atoms with van der Waals surface area (Å²) < 4.78 is 13.2. The molecule has 8 rings (SSSR count). The van der Waals surface area contributed by atoms with Crippen molar-refractivity contribution in [3.8, 4) is 22.6 Å². The van der Waals surface area contributed by atoms with Gasteiger partial charge in [-0.25, -0.2) is 0 Å². The Hall–Kier alpha value is -6.09. The van der Waals surface area contributed by atoms with Crippen LogP contribution in [0.3, 0.4) is 0 Å². The van der Waals surface area contributed by atoms with Crippen molar-refractivity contribution in [3.05, 3.63) is 82.0 Å². The first kappa shape index (κ1) is 40.7. The number of ether oxygens (including phenoxy) is 2. The number of piperidine rings is 2. The third-order valence-corrected chi connectivity index (χ3v) is 13.0. The van der Waals surface area contributed by atoms with Crippen molar-refractivity contribution in [3.63, 3.8) is 0 Å². The molecular formula is C45H51N7O8. The van der Waals surface area contributed by atoms with Gasteiger partial charge in [-0.3, -0.25) is 44.0 Å². The zero-order valence-electron chi connectivity index (χ0n) is 34.6. The number of unbranched alkanes of at least 4 members (excludes halogenated alkanes) is 1. The number of likely N-dealkylation sites (tertiary alicyclic amines) is 1. The molecular weight excluding hydrogens is 767 g/mol. The van der Waals surface area contributed by atoms with Gasteiger partial charge in [-0.1, -0.05) is 0 Å². The van der Waals surface area contributed by atoms with E-state index in [0.29, 0.717) is 41.0 Å². The highest BCUT2D eigenvalue weighted by Gasteiger charge is 2.46. The van der Waals surface area contributed by atoms with Crippen LogP contribution in [0.1, 0.15) is 77.6 Å². The monoisotopic (exact) mass is 817 g/mol. The number of fused-ring (bicyclic) bond motifs is 2. The molecule has 0 aliphatic carbocycles. The molecule has 60 heavy (non-hydrogen) atoms. The fourth-order valence-corrected chi connectivity index (χ4v) is 9.44. The number of nitrogens with one attached hydrogen (secondary N) is 1. The van der Waals surface area contributed by atoms with Crippen LogP contribution in [-0.4, -0.2) is 114 Å². The van der Waals surface area contributed by atoms with E-state index in [1.54, 1.807) is 68.5 Å². The molecule has 314 valence electrons. The number of imide groups is 2. The normalized spacial score (nSPS) is 19.0. The lowest BCUT2D eigenvalue weighted by molar-refractivity contribution is -0.136. The average molecular weight is 818 g/mol. The van der Waals surface area contributed by atoms with Crippen LogP contribution in [0.4, 0.5) is 5.69 Å². The molecule has 5 amide bonds. The third-order valence-electron chi connectivity index (χ3n) is 13.0. The molecule has 1 unspecified atom stereocenters. The number of nitrogens with zero attached hydrogens (tertiary/aromatic N) is 6. The zero-order chi connectivity index (χ0) is 42.3. The minimum absolute atomic E-state index is 0.0460. The number of aromatic nitrogens is 2. The van der Waals surface area contributed by atoms with Gasteiger partial charge in [0, 0.05) is 69.9 Å². The van der Waals surface area contributed by atoms with Crippen LogP contribution in [0.2, 0.25) is 0 Å². The first-order valence-corrected chi connectivity index (χ1v) is 20.7. The number of hydrogen-bond donors (Lipinski definition) is 1. The Balaban J connectivity index is 0.813. The molecule has 2 aromatic carbocycles. The third kappa shape index (κ3) is 7.62. The second-order valence-corrected chi connectivity index (χ2v) is 16.6. The molecule has 4 aliphatic heterocycles. The fourth-order valence-electron chi connectivity index (χ4n) is 9.44. The van der Waals surface area contributed by atoms with E-state index in [1.807, 2.05) is 24.3 Å². The van der Waals surface area contributed by atoms with Crippen molar-refractivity contribution in [2.45, 2.75) is 64.0 Å². The number of anilines is 1. The van der Waals surface area contributed by atoms with E-state index in [2.05, 4.69) is 20.1 Å². The van der Waals surface area contributed by atoms with Gasteiger partial charge in [-0.05, 0) is 111 Å². The van der Waals surface area contributed by atoms with Gasteiger partial charge < -0.3 is 28.7 Å². The predicted molar refractivity (Wildman–Crippen MR) is 224 cm³/mol. The lowest BCUT2D eigenvalue weighted by atomic mass is 9.77. The standard InChI is InChI=1S/C45H51N7O8/c1-48(26-35-37(59-3)21-28(22-38(35)60-4)34-25-49(2)42(56)33-24-46-16-12-30(33)34)40(54)7-5-6-17-50-18-13-45(14-19-50)15-20-51(27-45)29-8-9-31-32(23-29)44(58)52(43(31)57)36-10-11-39(53)47-41(36)55/h8-9,12,16,21-25,36H,5-7,10-11,13-15,17-20,26-27H2,1-4H3,(H,47,53,55). The molecule has 3 saturated heterocycles. The van der Waals surface area contributed by atoms with E-state index in [1.165, 1.54) is 0 Å². The number of benzene rings is 2. The van der Waals surface area contributed by atoms with Crippen LogP contribution in [0.5, 0.6) is 11.5 Å². The van der Waals surface area contributed by atoms with Crippen LogP contribution in [0.25, 0.3) is 21.9 Å². The molecule has 4 aromatic rings. The Bertz CT molecular complexity index is 2430. The second-order valence-electron chi connectivity index (χ2n) is 16.6. The Labute approximate surface area is 348 Å². The summed E-state index contributed by atoms with van der Waals surface area (Å²) in [5.41, 5.74) is 3.97. The molecule has 15 nitrogen and oxygen atoms in total. The van der Waals surface area contributed by atoms with Crippen molar-refractivity contribution in [1.82, 2.24) is 29.6 Å².